The van der Waals surface area contributed by atoms with E-state index >= 15 is 0 Å². The number of carbonyl (C=O) groups is 1. The average molecular weight is 240 g/mol. The monoisotopic (exact) mass is 239 g/mol. The summed E-state index contributed by atoms with van der Waals surface area (Å²) in [4.78, 5) is 12.0. The van der Waals surface area contributed by atoms with Gasteiger partial charge in [0.05, 0.1) is 12.1 Å². The van der Waals surface area contributed by atoms with Crippen molar-refractivity contribution in [2.45, 2.75) is 18.9 Å². The van der Waals surface area contributed by atoms with Gasteiger partial charge in [0.25, 0.3) is 0 Å². The van der Waals surface area contributed by atoms with Crippen LogP contribution in [-0.4, -0.2) is 18.9 Å². The van der Waals surface area contributed by atoms with Gasteiger partial charge >= 0.3 is 0 Å². The van der Waals surface area contributed by atoms with Crippen molar-refractivity contribution in [3.63, 3.8) is 0 Å². The minimum absolute atomic E-state index is 0.0425. The minimum Gasteiger partial charge on any atom is -0.497 e. The second-order valence-electron chi connectivity index (χ2n) is 4.14. The van der Waals surface area contributed by atoms with E-state index in [1.54, 1.807) is 25.3 Å². The SMILES string of the molecule is COc1ccc(C(=O)C2CC(N)C2)c(Cl)c1. The maximum absolute atomic E-state index is 12.0. The van der Waals surface area contributed by atoms with E-state index in [9.17, 15) is 4.79 Å². The van der Waals surface area contributed by atoms with E-state index in [2.05, 4.69) is 0 Å². The topological polar surface area (TPSA) is 52.3 Å². The Morgan fingerprint density at radius 1 is 1.50 bits per heavy atom. The summed E-state index contributed by atoms with van der Waals surface area (Å²) >= 11 is 6.03. The van der Waals surface area contributed by atoms with Crippen LogP contribution in [0, 0.1) is 5.92 Å². The van der Waals surface area contributed by atoms with E-state index in [0.717, 1.165) is 12.8 Å². The molecule has 4 heteroatoms. The van der Waals surface area contributed by atoms with Crippen molar-refractivity contribution < 1.29 is 9.53 Å². The number of carbonyl (C=O) groups excluding carboxylic acids is 1. The number of ether oxygens (including phenoxy) is 1. The van der Waals surface area contributed by atoms with Crippen LogP contribution in [0.1, 0.15) is 23.2 Å². The highest BCUT2D eigenvalue weighted by Gasteiger charge is 2.33. The van der Waals surface area contributed by atoms with Crippen LogP contribution in [0.5, 0.6) is 5.75 Å². The van der Waals surface area contributed by atoms with Crippen molar-refractivity contribution in [1.29, 1.82) is 0 Å². The molecule has 86 valence electrons. The maximum atomic E-state index is 12.0. The van der Waals surface area contributed by atoms with E-state index in [1.807, 2.05) is 0 Å². The predicted octanol–water partition coefficient (Wildman–Crippen LogP) is 2.27. The molecule has 1 aromatic rings. The summed E-state index contributed by atoms with van der Waals surface area (Å²) in [7, 11) is 1.57. The third kappa shape index (κ3) is 2.06. The molecule has 0 spiro atoms. The van der Waals surface area contributed by atoms with Gasteiger partial charge in [0.15, 0.2) is 5.78 Å². The first-order chi connectivity index (χ1) is 7.61. The fourth-order valence-electron chi connectivity index (χ4n) is 1.92. The third-order valence-corrected chi connectivity index (χ3v) is 3.30. The third-order valence-electron chi connectivity index (χ3n) is 2.99. The van der Waals surface area contributed by atoms with Gasteiger partial charge in [-0.15, -0.1) is 0 Å². The first-order valence-electron chi connectivity index (χ1n) is 5.25. The number of hydrogen-bond donors (Lipinski definition) is 1. The zero-order valence-corrected chi connectivity index (χ0v) is 9.83. The molecule has 0 atom stereocenters. The highest BCUT2D eigenvalue weighted by atomic mass is 35.5. The molecule has 0 amide bonds. The van der Waals surface area contributed by atoms with Crippen molar-refractivity contribution in [2.75, 3.05) is 7.11 Å². The summed E-state index contributed by atoms with van der Waals surface area (Å²) in [5, 5.41) is 0.449. The molecule has 1 aliphatic carbocycles. The molecule has 0 saturated heterocycles. The summed E-state index contributed by atoms with van der Waals surface area (Å²) in [5.41, 5.74) is 6.23. The molecular formula is C12H14ClNO2. The average Bonchev–Trinajstić information content (AvgIpc) is 2.23. The van der Waals surface area contributed by atoms with Gasteiger partial charge < -0.3 is 10.5 Å². The van der Waals surface area contributed by atoms with Crippen LogP contribution < -0.4 is 10.5 Å². The van der Waals surface area contributed by atoms with Crippen LogP contribution in [0.25, 0.3) is 0 Å². The molecule has 0 aliphatic heterocycles. The van der Waals surface area contributed by atoms with Crippen LogP contribution in [0.3, 0.4) is 0 Å². The highest BCUT2D eigenvalue weighted by molar-refractivity contribution is 6.34. The zero-order valence-electron chi connectivity index (χ0n) is 9.07. The zero-order chi connectivity index (χ0) is 11.7. The molecule has 3 nitrogen and oxygen atoms in total. The van der Waals surface area contributed by atoms with Gasteiger partial charge in [-0.25, -0.2) is 0 Å². The van der Waals surface area contributed by atoms with Gasteiger partial charge in [-0.05, 0) is 31.0 Å². The van der Waals surface area contributed by atoms with Gasteiger partial charge in [-0.1, -0.05) is 11.6 Å². The normalized spacial score (nSPS) is 23.7. The number of nitrogens with two attached hydrogens (primary N) is 1. The standard InChI is InChI=1S/C12H14ClNO2/c1-16-9-2-3-10(11(13)6-9)12(15)7-4-8(14)5-7/h2-3,6-8H,4-5,14H2,1H3. The molecule has 16 heavy (non-hydrogen) atoms. The second kappa shape index (κ2) is 4.44. The lowest BCUT2D eigenvalue weighted by Gasteiger charge is -2.31. The van der Waals surface area contributed by atoms with E-state index in [-0.39, 0.29) is 17.7 Å². The lowest BCUT2D eigenvalue weighted by molar-refractivity contribution is 0.0833. The Morgan fingerprint density at radius 3 is 2.69 bits per heavy atom. The Balaban J connectivity index is 2.17. The van der Waals surface area contributed by atoms with Crippen molar-refractivity contribution in [3.05, 3.63) is 28.8 Å². The highest BCUT2D eigenvalue weighted by Crippen LogP contribution is 2.32. The first kappa shape index (κ1) is 11.4. The molecule has 0 unspecified atom stereocenters. The van der Waals surface area contributed by atoms with Crippen LogP contribution in [0.15, 0.2) is 18.2 Å². The van der Waals surface area contributed by atoms with Crippen LogP contribution in [-0.2, 0) is 0 Å². The number of Topliss-reactive ketones (excluding diaryl/α,β-unsaturated/α-hetero) is 1. The number of rotatable bonds is 3. The summed E-state index contributed by atoms with van der Waals surface area (Å²) < 4.78 is 5.03. The van der Waals surface area contributed by atoms with Crippen LogP contribution >= 0.6 is 11.6 Å². The van der Waals surface area contributed by atoms with Crippen LogP contribution in [0.2, 0.25) is 5.02 Å². The predicted molar refractivity (Wildman–Crippen MR) is 63.0 cm³/mol. The number of ketones is 1. The van der Waals surface area contributed by atoms with Crippen molar-refractivity contribution in [1.82, 2.24) is 0 Å². The van der Waals surface area contributed by atoms with Crippen molar-refractivity contribution in [2.24, 2.45) is 11.7 Å². The molecule has 0 aromatic heterocycles. The smallest absolute Gasteiger partial charge is 0.167 e. The lowest BCUT2D eigenvalue weighted by Crippen LogP contribution is -2.40. The quantitative estimate of drug-likeness (QED) is 0.824. The first-order valence-corrected chi connectivity index (χ1v) is 5.63. The van der Waals surface area contributed by atoms with Gasteiger partial charge in [-0.3, -0.25) is 4.79 Å². The molecule has 0 bridgehead atoms. The van der Waals surface area contributed by atoms with Crippen LogP contribution in [0.4, 0.5) is 0 Å². The molecule has 1 aliphatic rings. The van der Waals surface area contributed by atoms with Gasteiger partial charge in [0, 0.05) is 17.5 Å². The Kier molecular flexibility index (Phi) is 3.17. The van der Waals surface area contributed by atoms with E-state index in [0.29, 0.717) is 16.3 Å². The summed E-state index contributed by atoms with van der Waals surface area (Å²) in [5.74, 6) is 0.794. The van der Waals surface area contributed by atoms with Crippen molar-refractivity contribution in [3.8, 4) is 5.75 Å². The molecule has 0 radical (unpaired) electrons. The molecule has 0 heterocycles. The van der Waals surface area contributed by atoms with Crippen molar-refractivity contribution >= 4 is 17.4 Å². The fraction of sp³-hybridized carbons (Fsp3) is 0.417. The number of hydrogen-bond acceptors (Lipinski definition) is 3. The fourth-order valence-corrected chi connectivity index (χ4v) is 2.18. The second-order valence-corrected chi connectivity index (χ2v) is 4.55. The minimum atomic E-state index is 0.0425. The van der Waals surface area contributed by atoms with E-state index in [4.69, 9.17) is 22.1 Å². The Bertz CT molecular complexity index is 413. The van der Waals surface area contributed by atoms with Gasteiger partial charge in [-0.2, -0.15) is 0 Å². The van der Waals surface area contributed by atoms with Gasteiger partial charge in [0.1, 0.15) is 5.75 Å². The summed E-state index contributed by atoms with van der Waals surface area (Å²) in [6.07, 6.45) is 1.53. The molecule has 2 rings (SSSR count). The van der Waals surface area contributed by atoms with E-state index in [1.165, 1.54) is 0 Å². The Hall–Kier alpha value is -1.06. The molecule has 1 fully saturated rings. The largest absolute Gasteiger partial charge is 0.497 e. The number of halogens is 1. The molecule has 2 N–H and O–H groups in total. The molecule has 1 aromatic carbocycles. The Morgan fingerprint density at radius 2 is 2.19 bits per heavy atom. The lowest BCUT2D eigenvalue weighted by atomic mass is 9.76. The molecule has 1 saturated carbocycles. The molecular weight excluding hydrogens is 226 g/mol. The van der Waals surface area contributed by atoms with E-state index < -0.39 is 0 Å². The summed E-state index contributed by atoms with van der Waals surface area (Å²) in [6, 6.07) is 5.30. The number of benzene rings is 1. The van der Waals surface area contributed by atoms with Gasteiger partial charge in [0.2, 0.25) is 0 Å². The number of methoxy groups -OCH3 is 1. The summed E-state index contributed by atoms with van der Waals surface area (Å²) in [6.45, 7) is 0. The Labute approximate surface area is 99.5 Å². The maximum Gasteiger partial charge on any atom is 0.167 e.